The van der Waals surface area contributed by atoms with Crippen LogP contribution in [0.1, 0.15) is 10.4 Å². The summed E-state index contributed by atoms with van der Waals surface area (Å²) >= 11 is 18.1. The molecule has 27 heavy (non-hydrogen) atoms. The number of hydrogen-bond acceptors (Lipinski definition) is 4. The molecule has 2 aromatic carbocycles. The molecule has 0 bridgehead atoms. The first-order chi connectivity index (χ1) is 13.0. The Morgan fingerprint density at radius 1 is 1.04 bits per heavy atom. The Labute approximate surface area is 168 Å². The number of hydrogen-bond donors (Lipinski definition) is 1. The second-order valence-electron chi connectivity index (χ2n) is 5.63. The van der Waals surface area contributed by atoms with E-state index in [1.54, 1.807) is 48.5 Å². The van der Waals surface area contributed by atoms with Gasteiger partial charge < -0.3 is 9.73 Å². The van der Waals surface area contributed by atoms with Crippen molar-refractivity contribution in [3.63, 3.8) is 0 Å². The first-order valence-electron chi connectivity index (χ1n) is 7.79. The summed E-state index contributed by atoms with van der Waals surface area (Å²) in [4.78, 5) is 20.6. The van der Waals surface area contributed by atoms with Crippen molar-refractivity contribution in [3.8, 4) is 11.5 Å². The van der Waals surface area contributed by atoms with Crippen molar-refractivity contribution in [2.45, 2.75) is 0 Å². The third-order valence-corrected chi connectivity index (χ3v) is 4.60. The van der Waals surface area contributed by atoms with E-state index in [2.05, 4.69) is 15.3 Å². The van der Waals surface area contributed by atoms with E-state index in [-0.39, 0.29) is 11.1 Å². The van der Waals surface area contributed by atoms with Gasteiger partial charge in [0.1, 0.15) is 10.7 Å². The van der Waals surface area contributed by atoms with Crippen molar-refractivity contribution in [1.29, 1.82) is 0 Å². The molecule has 0 aliphatic rings. The molecule has 0 radical (unpaired) electrons. The fraction of sp³-hybridized carbons (Fsp3) is 0. The molecular weight excluding hydrogens is 409 g/mol. The Morgan fingerprint density at radius 3 is 2.56 bits per heavy atom. The minimum absolute atomic E-state index is 0.147. The van der Waals surface area contributed by atoms with Crippen molar-refractivity contribution in [1.82, 2.24) is 9.97 Å². The van der Waals surface area contributed by atoms with Crippen molar-refractivity contribution in [2.75, 3.05) is 5.32 Å². The number of nitrogens with zero attached hydrogens (tertiary/aromatic N) is 2. The first-order valence-corrected chi connectivity index (χ1v) is 8.92. The van der Waals surface area contributed by atoms with E-state index in [1.807, 2.05) is 0 Å². The van der Waals surface area contributed by atoms with E-state index >= 15 is 0 Å². The predicted octanol–water partition coefficient (Wildman–Crippen LogP) is 6.10. The Hall–Kier alpha value is -2.60. The van der Waals surface area contributed by atoms with Crippen LogP contribution in [0, 0.1) is 0 Å². The summed E-state index contributed by atoms with van der Waals surface area (Å²) in [5, 5.41) is 3.80. The molecule has 0 aliphatic heterocycles. The Bertz CT molecular complexity index is 1160. The van der Waals surface area contributed by atoms with E-state index in [0.29, 0.717) is 38.3 Å². The summed E-state index contributed by atoms with van der Waals surface area (Å²) in [6.07, 6.45) is 1.52. The van der Waals surface area contributed by atoms with Gasteiger partial charge in [0, 0.05) is 22.5 Å². The number of pyridine rings is 1. The molecule has 0 aliphatic carbocycles. The van der Waals surface area contributed by atoms with Gasteiger partial charge in [0.05, 0.1) is 10.6 Å². The number of fused-ring (bicyclic) bond motifs is 1. The monoisotopic (exact) mass is 417 g/mol. The van der Waals surface area contributed by atoms with Gasteiger partial charge in [-0.05, 0) is 48.5 Å². The molecule has 0 spiro atoms. The summed E-state index contributed by atoms with van der Waals surface area (Å²) < 4.78 is 5.73. The minimum Gasteiger partial charge on any atom is -0.435 e. The highest BCUT2D eigenvalue weighted by Crippen LogP contribution is 2.32. The molecule has 1 N–H and O–H groups in total. The number of anilines is 1. The number of rotatable bonds is 3. The van der Waals surface area contributed by atoms with Gasteiger partial charge in [-0.1, -0.05) is 34.8 Å². The van der Waals surface area contributed by atoms with Crippen LogP contribution >= 0.6 is 34.8 Å². The molecule has 2 aromatic heterocycles. The van der Waals surface area contributed by atoms with Crippen molar-refractivity contribution >= 4 is 57.5 Å². The first kappa shape index (κ1) is 17.8. The van der Waals surface area contributed by atoms with Crippen LogP contribution < -0.4 is 5.32 Å². The molecule has 0 saturated heterocycles. The van der Waals surface area contributed by atoms with Gasteiger partial charge in [-0.2, -0.15) is 0 Å². The molecule has 2 heterocycles. The summed E-state index contributed by atoms with van der Waals surface area (Å²) in [7, 11) is 0. The number of benzene rings is 2. The largest absolute Gasteiger partial charge is 0.435 e. The average molecular weight is 419 g/mol. The number of nitrogens with one attached hydrogen (secondary N) is 1. The maximum absolute atomic E-state index is 12.3. The second kappa shape index (κ2) is 7.19. The molecule has 1 amide bonds. The lowest BCUT2D eigenvalue weighted by atomic mass is 10.2. The third-order valence-electron chi connectivity index (χ3n) is 3.80. The molecule has 0 unspecified atom stereocenters. The summed E-state index contributed by atoms with van der Waals surface area (Å²) in [6.45, 7) is 0. The molecule has 0 fully saturated rings. The highest BCUT2D eigenvalue weighted by atomic mass is 35.5. The molecular formula is C19H10Cl3N3O2. The quantitative estimate of drug-likeness (QED) is 0.408. The van der Waals surface area contributed by atoms with Gasteiger partial charge in [0.25, 0.3) is 5.91 Å². The van der Waals surface area contributed by atoms with E-state index in [1.165, 1.54) is 6.20 Å². The smallest absolute Gasteiger partial charge is 0.258 e. The molecule has 4 rings (SSSR count). The van der Waals surface area contributed by atoms with Crippen LogP contribution in [0.25, 0.3) is 22.6 Å². The second-order valence-corrected chi connectivity index (χ2v) is 6.83. The summed E-state index contributed by atoms with van der Waals surface area (Å²) in [5.41, 5.74) is 2.68. The van der Waals surface area contributed by atoms with Crippen LogP contribution in [0.15, 0.2) is 59.1 Å². The van der Waals surface area contributed by atoms with Crippen LogP contribution in [-0.4, -0.2) is 15.9 Å². The summed E-state index contributed by atoms with van der Waals surface area (Å²) in [6, 6.07) is 13.6. The highest BCUT2D eigenvalue weighted by molar-refractivity contribution is 6.38. The van der Waals surface area contributed by atoms with Crippen molar-refractivity contribution < 1.29 is 9.21 Å². The fourth-order valence-electron chi connectivity index (χ4n) is 2.53. The Balaban J connectivity index is 1.58. The van der Waals surface area contributed by atoms with Crippen LogP contribution in [0.5, 0.6) is 0 Å². The van der Waals surface area contributed by atoms with Crippen LogP contribution in [0.3, 0.4) is 0 Å². The van der Waals surface area contributed by atoms with Crippen LogP contribution in [0.2, 0.25) is 15.2 Å². The van der Waals surface area contributed by atoms with Crippen LogP contribution in [0.4, 0.5) is 5.69 Å². The van der Waals surface area contributed by atoms with Gasteiger partial charge in [-0.15, -0.1) is 0 Å². The van der Waals surface area contributed by atoms with E-state index in [9.17, 15) is 4.79 Å². The predicted molar refractivity (Wildman–Crippen MR) is 107 cm³/mol. The molecule has 0 atom stereocenters. The lowest BCUT2D eigenvalue weighted by molar-refractivity contribution is 0.102. The van der Waals surface area contributed by atoms with E-state index < -0.39 is 0 Å². The molecule has 134 valence electrons. The minimum atomic E-state index is -0.343. The summed E-state index contributed by atoms with van der Waals surface area (Å²) in [5.74, 6) is 0.0616. The Morgan fingerprint density at radius 2 is 1.81 bits per heavy atom. The number of carbonyl (C=O) groups is 1. The molecule has 4 aromatic rings. The van der Waals surface area contributed by atoms with Gasteiger partial charge in [-0.25, -0.2) is 9.97 Å². The average Bonchev–Trinajstić information content (AvgIpc) is 3.07. The lowest BCUT2D eigenvalue weighted by Gasteiger charge is -2.06. The maximum Gasteiger partial charge on any atom is 0.258 e. The fourth-order valence-corrected chi connectivity index (χ4v) is 3.26. The normalized spacial score (nSPS) is 10.9. The lowest BCUT2D eigenvalue weighted by Crippen LogP contribution is -2.12. The van der Waals surface area contributed by atoms with Gasteiger partial charge in [0.15, 0.2) is 5.58 Å². The van der Waals surface area contributed by atoms with Crippen LogP contribution in [-0.2, 0) is 0 Å². The van der Waals surface area contributed by atoms with Gasteiger partial charge >= 0.3 is 0 Å². The zero-order valence-corrected chi connectivity index (χ0v) is 15.8. The Kier molecular flexibility index (Phi) is 4.74. The number of aromatic nitrogens is 2. The standard InChI is InChI=1S/C19H10Cl3N3O2/c20-11-8-14(21)16-15(9-11)25-19(27-16)10-3-5-12(6-4-10)24-18(26)13-2-1-7-23-17(13)22/h1-9H,(H,24,26). The molecule has 0 saturated carbocycles. The zero-order valence-electron chi connectivity index (χ0n) is 13.5. The number of oxazole rings is 1. The number of carbonyl (C=O) groups excluding carboxylic acids is 1. The van der Waals surface area contributed by atoms with Crippen molar-refractivity contribution in [2.24, 2.45) is 0 Å². The maximum atomic E-state index is 12.3. The highest BCUT2D eigenvalue weighted by Gasteiger charge is 2.14. The molecule has 5 nitrogen and oxygen atoms in total. The third kappa shape index (κ3) is 3.62. The van der Waals surface area contributed by atoms with Crippen molar-refractivity contribution in [3.05, 3.63) is 75.5 Å². The topological polar surface area (TPSA) is 68.0 Å². The zero-order chi connectivity index (χ0) is 19.0. The SMILES string of the molecule is O=C(Nc1ccc(-c2nc3cc(Cl)cc(Cl)c3o2)cc1)c1cccnc1Cl. The van der Waals surface area contributed by atoms with E-state index in [0.717, 1.165) is 5.56 Å². The number of amides is 1. The molecule has 8 heteroatoms. The van der Waals surface area contributed by atoms with Gasteiger partial charge in [-0.3, -0.25) is 4.79 Å². The van der Waals surface area contributed by atoms with E-state index in [4.69, 9.17) is 39.2 Å². The van der Waals surface area contributed by atoms with Gasteiger partial charge in [0.2, 0.25) is 5.89 Å². The number of halogens is 3.